The van der Waals surface area contributed by atoms with Crippen LogP contribution in [0.25, 0.3) is 0 Å². The number of sulfone groups is 1. The number of fused-ring (bicyclic) bond motifs is 2. The van der Waals surface area contributed by atoms with Crippen molar-refractivity contribution in [3.05, 3.63) is 11.8 Å². The van der Waals surface area contributed by atoms with Crippen molar-refractivity contribution in [1.82, 2.24) is 9.97 Å². The first-order chi connectivity index (χ1) is 10.6. The molecule has 3 aliphatic rings. The van der Waals surface area contributed by atoms with Crippen molar-refractivity contribution in [3.8, 4) is 0 Å². The van der Waals surface area contributed by atoms with E-state index in [0.717, 1.165) is 37.1 Å². The first kappa shape index (κ1) is 15.3. The molecule has 23 heavy (non-hydrogen) atoms. The second-order valence-corrected chi connectivity index (χ2v) is 15.1. The predicted molar refractivity (Wildman–Crippen MR) is 89.0 cm³/mol. The molecule has 0 aromatic carbocycles. The third-order valence-corrected chi connectivity index (χ3v) is 9.59. The van der Waals surface area contributed by atoms with Crippen LogP contribution in [0.2, 0.25) is 25.2 Å². The molecule has 1 atom stereocenters. The molecule has 4 rings (SSSR count). The van der Waals surface area contributed by atoms with Crippen LogP contribution >= 0.6 is 0 Å². The molecule has 1 saturated heterocycles. The van der Waals surface area contributed by atoms with Crippen LogP contribution in [0.5, 0.6) is 0 Å². The minimum Gasteiger partial charge on any atom is -0.293 e. The molecule has 6 nitrogen and oxygen atoms in total. The fourth-order valence-electron chi connectivity index (χ4n) is 4.07. The van der Waals surface area contributed by atoms with Gasteiger partial charge in [0.2, 0.25) is 20.9 Å². The lowest BCUT2D eigenvalue weighted by molar-refractivity contribution is -0.120. The van der Waals surface area contributed by atoms with Gasteiger partial charge in [0.15, 0.2) is 0 Å². The number of rotatable bonds is 2. The first-order valence-electron chi connectivity index (χ1n) is 8.05. The van der Waals surface area contributed by atoms with Gasteiger partial charge in [-0.05, 0) is 25.3 Å². The van der Waals surface area contributed by atoms with Crippen LogP contribution in [0.1, 0.15) is 24.8 Å². The van der Waals surface area contributed by atoms with Gasteiger partial charge in [-0.15, -0.1) is 0 Å². The Morgan fingerprint density at radius 1 is 1.35 bits per heavy atom. The van der Waals surface area contributed by atoms with E-state index in [1.807, 2.05) is 4.90 Å². The zero-order valence-corrected chi connectivity index (χ0v) is 15.5. The van der Waals surface area contributed by atoms with Crippen molar-refractivity contribution >= 4 is 29.6 Å². The lowest BCUT2D eigenvalue weighted by Crippen LogP contribution is -2.40. The second kappa shape index (κ2) is 4.41. The van der Waals surface area contributed by atoms with Gasteiger partial charge in [-0.1, -0.05) is 19.1 Å². The number of carbonyl (C=O) groups is 1. The fourth-order valence-corrected chi connectivity index (χ4v) is 7.54. The molecule has 2 aliphatic heterocycles. The highest BCUT2D eigenvalue weighted by Gasteiger charge is 2.62. The molecular weight excluding hydrogens is 330 g/mol. The van der Waals surface area contributed by atoms with Gasteiger partial charge >= 0.3 is 0 Å². The largest absolute Gasteiger partial charge is 0.293 e. The molecule has 1 aliphatic carbocycles. The smallest absolute Gasteiger partial charge is 0.248 e. The van der Waals surface area contributed by atoms with Gasteiger partial charge < -0.3 is 0 Å². The number of carbonyl (C=O) groups excluding carboxylic acids is 1. The third kappa shape index (κ3) is 2.18. The van der Waals surface area contributed by atoms with Gasteiger partial charge in [0.25, 0.3) is 0 Å². The summed E-state index contributed by atoms with van der Waals surface area (Å²) in [5.74, 6) is 0.670. The molecule has 3 heterocycles. The highest BCUT2D eigenvalue weighted by Crippen LogP contribution is 2.58. The second-order valence-electron chi connectivity index (χ2n) is 7.98. The summed E-state index contributed by atoms with van der Waals surface area (Å²) in [4.78, 5) is 23.2. The van der Waals surface area contributed by atoms with Crippen molar-refractivity contribution in [2.45, 2.75) is 61.1 Å². The Hall–Kier alpha value is -1.28. The number of aromatic nitrogens is 2. The van der Waals surface area contributed by atoms with Crippen LogP contribution in [0.15, 0.2) is 11.4 Å². The van der Waals surface area contributed by atoms with E-state index in [4.69, 9.17) is 0 Å². The SMILES string of the molecule is C[Si]1(C)CCC(N2C(=O)C3(CC3)c3cnc(S(C)(=O)=O)nc32)C1. The Kier molecular flexibility index (Phi) is 2.93. The number of hydrogen-bond acceptors (Lipinski definition) is 5. The number of anilines is 1. The number of nitrogens with zero attached hydrogens (tertiary/aromatic N) is 3. The van der Waals surface area contributed by atoms with E-state index in [9.17, 15) is 13.2 Å². The van der Waals surface area contributed by atoms with Gasteiger partial charge in [0, 0.05) is 32.1 Å². The van der Waals surface area contributed by atoms with Crippen LogP contribution < -0.4 is 4.90 Å². The molecule has 1 amide bonds. The molecule has 1 aromatic rings. The van der Waals surface area contributed by atoms with Gasteiger partial charge in [-0.2, -0.15) is 0 Å². The van der Waals surface area contributed by atoms with Gasteiger partial charge in [-0.3, -0.25) is 9.69 Å². The lowest BCUT2D eigenvalue weighted by atomic mass is 10.0. The van der Waals surface area contributed by atoms with E-state index in [-0.39, 0.29) is 17.1 Å². The van der Waals surface area contributed by atoms with Crippen molar-refractivity contribution in [2.75, 3.05) is 11.2 Å². The Morgan fingerprint density at radius 2 is 2.04 bits per heavy atom. The summed E-state index contributed by atoms with van der Waals surface area (Å²) < 4.78 is 23.6. The summed E-state index contributed by atoms with van der Waals surface area (Å²) in [6.07, 6.45) is 5.32. The van der Waals surface area contributed by atoms with Crippen molar-refractivity contribution in [3.63, 3.8) is 0 Å². The van der Waals surface area contributed by atoms with Crippen molar-refractivity contribution in [2.24, 2.45) is 0 Å². The molecule has 1 spiro atoms. The highest BCUT2D eigenvalue weighted by atomic mass is 32.2. The van der Waals surface area contributed by atoms with Gasteiger partial charge in [0.05, 0.1) is 5.41 Å². The van der Waals surface area contributed by atoms with Crippen molar-refractivity contribution in [1.29, 1.82) is 0 Å². The molecule has 0 N–H and O–H groups in total. The minimum absolute atomic E-state index is 0.115. The van der Waals surface area contributed by atoms with Crippen LogP contribution in [-0.4, -0.2) is 44.7 Å². The molecule has 1 unspecified atom stereocenters. The van der Waals surface area contributed by atoms with E-state index in [1.54, 1.807) is 6.20 Å². The maximum Gasteiger partial charge on any atom is 0.248 e. The summed E-state index contributed by atoms with van der Waals surface area (Å²) >= 11 is 0. The van der Waals surface area contributed by atoms with E-state index >= 15 is 0 Å². The third-order valence-electron chi connectivity index (χ3n) is 5.51. The number of amides is 1. The molecule has 124 valence electrons. The Labute approximate surface area is 137 Å². The van der Waals surface area contributed by atoms with E-state index in [1.165, 1.54) is 6.04 Å². The molecule has 8 heteroatoms. The topological polar surface area (TPSA) is 80.2 Å². The summed E-state index contributed by atoms with van der Waals surface area (Å²) in [7, 11) is -4.73. The van der Waals surface area contributed by atoms with Crippen LogP contribution in [0, 0.1) is 0 Å². The highest BCUT2D eigenvalue weighted by molar-refractivity contribution is 7.90. The molecule has 0 radical (unpaired) electrons. The summed E-state index contributed by atoms with van der Waals surface area (Å²) in [5.41, 5.74) is 0.376. The van der Waals surface area contributed by atoms with Crippen LogP contribution in [0.4, 0.5) is 5.82 Å². The fraction of sp³-hybridized carbons (Fsp3) is 0.667. The average Bonchev–Trinajstić information content (AvgIpc) is 3.12. The monoisotopic (exact) mass is 351 g/mol. The zero-order chi connectivity index (χ0) is 16.6. The average molecular weight is 352 g/mol. The van der Waals surface area contributed by atoms with Crippen LogP contribution in [-0.2, 0) is 20.0 Å². The normalized spacial score (nSPS) is 27.5. The Balaban J connectivity index is 1.82. The quantitative estimate of drug-likeness (QED) is 0.599. The van der Waals surface area contributed by atoms with Crippen molar-refractivity contribution < 1.29 is 13.2 Å². The van der Waals surface area contributed by atoms with E-state index in [0.29, 0.717) is 5.82 Å². The summed E-state index contributed by atoms with van der Waals surface area (Å²) in [6, 6.07) is 2.44. The molecule has 1 aromatic heterocycles. The van der Waals surface area contributed by atoms with E-state index in [2.05, 4.69) is 23.1 Å². The maximum absolute atomic E-state index is 13.0. The lowest BCUT2D eigenvalue weighted by Gasteiger charge is -2.26. The molecular formula is C15H21N3O3SSi. The summed E-state index contributed by atoms with van der Waals surface area (Å²) in [5, 5.41) is -0.179. The van der Waals surface area contributed by atoms with Gasteiger partial charge in [-0.25, -0.2) is 18.4 Å². The van der Waals surface area contributed by atoms with Crippen LogP contribution in [0.3, 0.4) is 0 Å². The van der Waals surface area contributed by atoms with E-state index < -0.39 is 23.3 Å². The number of hydrogen-bond donors (Lipinski definition) is 0. The minimum atomic E-state index is -3.48. The molecule has 2 fully saturated rings. The molecule has 0 bridgehead atoms. The summed E-state index contributed by atoms with van der Waals surface area (Å²) in [6.45, 7) is 4.70. The predicted octanol–water partition coefficient (Wildman–Crippen LogP) is 1.74. The zero-order valence-electron chi connectivity index (χ0n) is 13.7. The first-order valence-corrected chi connectivity index (χ1v) is 13.4. The Bertz CT molecular complexity index is 817. The standard InChI is InChI=1S/C15H21N3O3SSi/c1-22(20,21)14-16-8-11-12(17-14)18(13(19)15(11)5-6-15)10-4-7-23(2,3)9-10/h8,10H,4-7,9H2,1-3H3. The Morgan fingerprint density at radius 3 is 2.57 bits per heavy atom. The van der Waals surface area contributed by atoms with Gasteiger partial charge in [0.1, 0.15) is 5.82 Å². The maximum atomic E-state index is 13.0. The molecule has 1 saturated carbocycles.